The van der Waals surface area contributed by atoms with Crippen LogP contribution in [0.25, 0.3) is 0 Å². The standard InChI is InChI=1S/C16H12BrN3O6/c17-13-7-12(20(24)25)5-6-14(13)26-9-15(21)19-18-8-10-1-3-11(4-2-10)16(22)23/h1-8H,9H2,(H,19,21)(H,22,23)/b18-8+. The van der Waals surface area contributed by atoms with Crippen LogP contribution >= 0.6 is 15.9 Å². The van der Waals surface area contributed by atoms with Gasteiger partial charge in [0.05, 0.1) is 21.2 Å². The van der Waals surface area contributed by atoms with Crippen LogP contribution in [0.1, 0.15) is 15.9 Å². The predicted molar refractivity (Wildman–Crippen MR) is 95.4 cm³/mol. The molecule has 0 fully saturated rings. The van der Waals surface area contributed by atoms with Crippen molar-refractivity contribution in [1.82, 2.24) is 5.43 Å². The van der Waals surface area contributed by atoms with Crippen LogP contribution in [0.3, 0.4) is 0 Å². The number of carbonyl (C=O) groups excluding carboxylic acids is 1. The number of nitrogens with one attached hydrogen (secondary N) is 1. The molecule has 0 aliphatic rings. The molecule has 2 aromatic rings. The Hall–Kier alpha value is -3.27. The smallest absolute Gasteiger partial charge is 0.335 e. The number of halogens is 1. The summed E-state index contributed by atoms with van der Waals surface area (Å²) < 4.78 is 5.61. The molecule has 0 radical (unpaired) electrons. The molecule has 26 heavy (non-hydrogen) atoms. The van der Waals surface area contributed by atoms with Gasteiger partial charge in [0.25, 0.3) is 11.6 Å². The first-order valence-electron chi connectivity index (χ1n) is 7.09. The molecule has 0 saturated carbocycles. The first-order valence-corrected chi connectivity index (χ1v) is 7.88. The fraction of sp³-hybridized carbons (Fsp3) is 0.0625. The largest absolute Gasteiger partial charge is 0.483 e. The van der Waals surface area contributed by atoms with Gasteiger partial charge in [0, 0.05) is 12.1 Å². The van der Waals surface area contributed by atoms with E-state index in [1.165, 1.54) is 36.5 Å². The Morgan fingerprint density at radius 3 is 2.54 bits per heavy atom. The highest BCUT2D eigenvalue weighted by Gasteiger charge is 2.11. The molecule has 0 aromatic heterocycles. The van der Waals surface area contributed by atoms with Crippen molar-refractivity contribution in [1.29, 1.82) is 0 Å². The molecule has 0 atom stereocenters. The molecular weight excluding hydrogens is 410 g/mol. The zero-order valence-electron chi connectivity index (χ0n) is 13.1. The molecule has 10 heteroatoms. The number of carboxylic acids is 1. The summed E-state index contributed by atoms with van der Waals surface area (Å²) in [5.41, 5.74) is 2.90. The molecule has 0 unspecified atom stereocenters. The number of hydrogen-bond donors (Lipinski definition) is 2. The van der Waals surface area contributed by atoms with E-state index in [0.29, 0.717) is 10.0 Å². The van der Waals surface area contributed by atoms with E-state index in [2.05, 4.69) is 26.5 Å². The predicted octanol–water partition coefficient (Wildman–Crippen LogP) is 2.58. The van der Waals surface area contributed by atoms with Crippen LogP contribution in [-0.2, 0) is 4.79 Å². The number of hydrogen-bond acceptors (Lipinski definition) is 6. The SMILES string of the molecule is O=C(COc1ccc([N+](=O)[O-])cc1Br)N/N=C/c1ccc(C(=O)O)cc1. The maximum Gasteiger partial charge on any atom is 0.335 e. The van der Waals surface area contributed by atoms with Gasteiger partial charge in [-0.25, -0.2) is 10.2 Å². The molecule has 0 spiro atoms. The minimum Gasteiger partial charge on any atom is -0.483 e. The van der Waals surface area contributed by atoms with Crippen molar-refractivity contribution in [2.24, 2.45) is 5.10 Å². The van der Waals surface area contributed by atoms with Crippen LogP contribution in [0.2, 0.25) is 0 Å². The maximum atomic E-state index is 11.7. The highest BCUT2D eigenvalue weighted by molar-refractivity contribution is 9.10. The summed E-state index contributed by atoms with van der Waals surface area (Å²) in [6.45, 7) is -0.342. The third-order valence-corrected chi connectivity index (χ3v) is 3.67. The van der Waals surface area contributed by atoms with Crippen LogP contribution in [-0.4, -0.2) is 34.7 Å². The number of amides is 1. The number of hydrazone groups is 1. The third-order valence-electron chi connectivity index (χ3n) is 3.05. The molecule has 9 nitrogen and oxygen atoms in total. The van der Waals surface area contributed by atoms with Crippen molar-refractivity contribution < 1.29 is 24.4 Å². The second kappa shape index (κ2) is 8.72. The molecule has 0 aliphatic carbocycles. The number of carbonyl (C=O) groups is 2. The van der Waals surface area contributed by atoms with Crippen molar-refractivity contribution in [2.75, 3.05) is 6.61 Å². The highest BCUT2D eigenvalue weighted by Crippen LogP contribution is 2.28. The minimum atomic E-state index is -1.03. The lowest BCUT2D eigenvalue weighted by Gasteiger charge is -2.06. The van der Waals surface area contributed by atoms with E-state index >= 15 is 0 Å². The van der Waals surface area contributed by atoms with Gasteiger partial charge in [0.2, 0.25) is 0 Å². The van der Waals surface area contributed by atoms with E-state index in [1.807, 2.05) is 0 Å². The molecular formula is C16H12BrN3O6. The lowest BCUT2D eigenvalue weighted by atomic mass is 10.1. The number of nitro groups is 1. The van der Waals surface area contributed by atoms with E-state index in [9.17, 15) is 19.7 Å². The topological polar surface area (TPSA) is 131 Å². The normalized spacial score (nSPS) is 10.5. The molecule has 134 valence electrons. The second-order valence-electron chi connectivity index (χ2n) is 4.88. The van der Waals surface area contributed by atoms with E-state index in [0.717, 1.165) is 0 Å². The lowest BCUT2D eigenvalue weighted by Crippen LogP contribution is -2.24. The van der Waals surface area contributed by atoms with E-state index < -0.39 is 16.8 Å². The summed E-state index contributed by atoms with van der Waals surface area (Å²) in [6, 6.07) is 9.83. The number of carboxylic acid groups (broad SMARTS) is 1. The summed E-state index contributed by atoms with van der Waals surface area (Å²) in [5.74, 6) is -1.29. The third kappa shape index (κ3) is 5.38. The summed E-state index contributed by atoms with van der Waals surface area (Å²) in [4.78, 5) is 32.5. The number of rotatable bonds is 7. The fourth-order valence-electron chi connectivity index (χ4n) is 1.79. The molecule has 0 saturated heterocycles. The number of ether oxygens (including phenoxy) is 1. The average Bonchev–Trinajstić information content (AvgIpc) is 2.61. The van der Waals surface area contributed by atoms with Crippen molar-refractivity contribution in [3.63, 3.8) is 0 Å². The second-order valence-corrected chi connectivity index (χ2v) is 5.74. The Morgan fingerprint density at radius 1 is 1.27 bits per heavy atom. The Bertz CT molecular complexity index is 867. The Kier molecular flexibility index (Phi) is 6.39. The van der Waals surface area contributed by atoms with Gasteiger partial charge >= 0.3 is 5.97 Å². The zero-order valence-corrected chi connectivity index (χ0v) is 14.7. The van der Waals surface area contributed by atoms with E-state index in [4.69, 9.17) is 9.84 Å². The van der Waals surface area contributed by atoms with Gasteiger partial charge in [-0.1, -0.05) is 12.1 Å². The quantitative estimate of drug-likeness (QED) is 0.401. The molecule has 0 heterocycles. The van der Waals surface area contributed by atoms with Gasteiger partial charge < -0.3 is 9.84 Å². The van der Waals surface area contributed by atoms with E-state index in [1.54, 1.807) is 12.1 Å². The van der Waals surface area contributed by atoms with Crippen LogP contribution < -0.4 is 10.2 Å². The first-order chi connectivity index (χ1) is 12.4. The fourth-order valence-corrected chi connectivity index (χ4v) is 2.27. The monoisotopic (exact) mass is 421 g/mol. The number of nitrogens with zero attached hydrogens (tertiary/aromatic N) is 2. The molecule has 2 aromatic carbocycles. The average molecular weight is 422 g/mol. The summed E-state index contributed by atoms with van der Waals surface area (Å²) in [5, 5.41) is 23.2. The van der Waals surface area contributed by atoms with E-state index in [-0.39, 0.29) is 23.6 Å². The first kappa shape index (κ1) is 19.1. The van der Waals surface area contributed by atoms with Crippen molar-refractivity contribution in [3.05, 3.63) is 68.2 Å². The van der Waals surface area contributed by atoms with Gasteiger partial charge in [0.15, 0.2) is 6.61 Å². The molecule has 0 aliphatic heterocycles. The Labute approximate surface area is 155 Å². The van der Waals surface area contributed by atoms with Gasteiger partial charge in [0.1, 0.15) is 5.75 Å². The van der Waals surface area contributed by atoms with Crippen molar-refractivity contribution >= 4 is 39.7 Å². The van der Waals surface area contributed by atoms with Gasteiger partial charge in [-0.05, 0) is 39.7 Å². The number of non-ortho nitro benzene ring substituents is 1. The minimum absolute atomic E-state index is 0.104. The van der Waals surface area contributed by atoms with Crippen LogP contribution in [0.5, 0.6) is 5.75 Å². The summed E-state index contributed by atoms with van der Waals surface area (Å²) >= 11 is 3.13. The van der Waals surface area contributed by atoms with Gasteiger partial charge in [-0.3, -0.25) is 14.9 Å². The Morgan fingerprint density at radius 2 is 1.96 bits per heavy atom. The summed E-state index contributed by atoms with van der Waals surface area (Å²) in [7, 11) is 0. The summed E-state index contributed by atoms with van der Waals surface area (Å²) in [6.07, 6.45) is 1.35. The number of benzene rings is 2. The lowest BCUT2D eigenvalue weighted by molar-refractivity contribution is -0.384. The number of aromatic carboxylic acids is 1. The molecule has 0 bridgehead atoms. The number of nitro benzene ring substituents is 1. The van der Waals surface area contributed by atoms with Crippen molar-refractivity contribution in [2.45, 2.75) is 0 Å². The van der Waals surface area contributed by atoms with Crippen LogP contribution in [0.15, 0.2) is 52.0 Å². The zero-order chi connectivity index (χ0) is 19.1. The van der Waals surface area contributed by atoms with Gasteiger partial charge in [-0.2, -0.15) is 5.10 Å². The molecule has 2 N–H and O–H groups in total. The van der Waals surface area contributed by atoms with Crippen molar-refractivity contribution in [3.8, 4) is 5.75 Å². The Balaban J connectivity index is 1.85. The maximum absolute atomic E-state index is 11.7. The molecule has 2 rings (SSSR count). The van der Waals surface area contributed by atoms with Gasteiger partial charge in [-0.15, -0.1) is 0 Å². The highest BCUT2D eigenvalue weighted by atomic mass is 79.9. The van der Waals surface area contributed by atoms with Crippen LogP contribution in [0, 0.1) is 10.1 Å². The molecule has 1 amide bonds. The van der Waals surface area contributed by atoms with Crippen LogP contribution in [0.4, 0.5) is 5.69 Å².